The molecule has 1 heterocycles. The van der Waals surface area contributed by atoms with Crippen molar-refractivity contribution in [3.05, 3.63) is 54.1 Å². The van der Waals surface area contributed by atoms with Crippen LogP contribution in [-0.4, -0.2) is 11.3 Å². The van der Waals surface area contributed by atoms with Crippen LogP contribution in [0.2, 0.25) is 0 Å². The van der Waals surface area contributed by atoms with Crippen LogP contribution < -0.4 is 0 Å². The summed E-state index contributed by atoms with van der Waals surface area (Å²) in [6.07, 6.45) is 2.20. The third kappa shape index (κ3) is 1.91. The number of aldehydes is 1. The number of carbonyl (C=O) groups excluding carboxylic acids is 1. The van der Waals surface area contributed by atoms with E-state index < -0.39 is 0 Å². The van der Waals surface area contributed by atoms with Gasteiger partial charge in [-0.1, -0.05) is 18.2 Å². The van der Waals surface area contributed by atoms with Crippen LogP contribution in [0.15, 0.2) is 42.6 Å². The van der Waals surface area contributed by atoms with Crippen molar-refractivity contribution in [1.82, 2.24) is 4.98 Å². The summed E-state index contributed by atoms with van der Waals surface area (Å²) in [7, 11) is 0. The Balaban J connectivity index is 2.58. The first-order valence-electron chi connectivity index (χ1n) is 4.47. The minimum Gasteiger partial charge on any atom is -0.296 e. The Hall–Kier alpha value is -2.03. The molecule has 0 spiro atoms. The Morgan fingerprint density at radius 1 is 1.20 bits per heavy atom. The fourth-order valence-corrected chi connectivity index (χ4v) is 1.41. The van der Waals surface area contributed by atoms with Crippen molar-refractivity contribution in [1.29, 1.82) is 0 Å². The highest BCUT2D eigenvalue weighted by Gasteiger charge is 2.05. The molecule has 3 heteroatoms. The van der Waals surface area contributed by atoms with Gasteiger partial charge in [-0.25, -0.2) is 4.39 Å². The summed E-state index contributed by atoms with van der Waals surface area (Å²) in [5.74, 6) is -0.326. The van der Waals surface area contributed by atoms with Gasteiger partial charge in [0.25, 0.3) is 0 Å². The second-order valence-electron chi connectivity index (χ2n) is 3.06. The normalized spacial score (nSPS) is 9.93. The predicted molar refractivity (Wildman–Crippen MR) is 55.0 cm³/mol. The fourth-order valence-electron chi connectivity index (χ4n) is 1.41. The number of hydrogen-bond acceptors (Lipinski definition) is 2. The van der Waals surface area contributed by atoms with Gasteiger partial charge in [0.1, 0.15) is 11.5 Å². The highest BCUT2D eigenvalue weighted by atomic mass is 19.1. The number of pyridine rings is 1. The summed E-state index contributed by atoms with van der Waals surface area (Å²) in [4.78, 5) is 14.6. The van der Waals surface area contributed by atoms with Gasteiger partial charge in [0.05, 0.1) is 0 Å². The highest BCUT2D eigenvalue weighted by molar-refractivity contribution is 5.84. The van der Waals surface area contributed by atoms with Crippen LogP contribution in [0.3, 0.4) is 0 Å². The van der Waals surface area contributed by atoms with Gasteiger partial charge in [0, 0.05) is 11.8 Å². The van der Waals surface area contributed by atoms with Gasteiger partial charge >= 0.3 is 0 Å². The molecule has 0 aliphatic rings. The van der Waals surface area contributed by atoms with E-state index in [4.69, 9.17) is 0 Å². The lowest BCUT2D eigenvalue weighted by Crippen LogP contribution is -1.91. The molecule has 0 amide bonds. The number of halogens is 1. The van der Waals surface area contributed by atoms with Gasteiger partial charge in [-0.05, 0) is 23.8 Å². The fraction of sp³-hybridized carbons (Fsp3) is 0. The molecule has 15 heavy (non-hydrogen) atoms. The molecule has 0 atom stereocenters. The molecular formula is C12H8FNO. The van der Waals surface area contributed by atoms with E-state index in [0.29, 0.717) is 23.1 Å². The smallest absolute Gasteiger partial charge is 0.169 e. The Labute approximate surface area is 86.4 Å². The molecule has 0 radical (unpaired) electrons. The van der Waals surface area contributed by atoms with E-state index in [2.05, 4.69) is 4.98 Å². The van der Waals surface area contributed by atoms with E-state index in [9.17, 15) is 9.18 Å². The molecule has 0 N–H and O–H groups in total. The first-order valence-corrected chi connectivity index (χ1v) is 4.47. The molecule has 0 unspecified atom stereocenters. The monoisotopic (exact) mass is 201 g/mol. The molecule has 2 rings (SSSR count). The molecular weight excluding hydrogens is 193 g/mol. The van der Waals surface area contributed by atoms with Crippen LogP contribution in [0.4, 0.5) is 4.39 Å². The lowest BCUT2D eigenvalue weighted by Gasteiger charge is -2.03. The van der Waals surface area contributed by atoms with Crippen molar-refractivity contribution in [2.75, 3.05) is 0 Å². The zero-order valence-electron chi connectivity index (χ0n) is 7.85. The predicted octanol–water partition coefficient (Wildman–Crippen LogP) is 2.70. The highest BCUT2D eigenvalue weighted by Crippen LogP contribution is 2.21. The maximum atomic E-state index is 13.0. The van der Waals surface area contributed by atoms with E-state index in [0.717, 1.165) is 0 Å². The third-order valence-electron chi connectivity index (χ3n) is 2.09. The topological polar surface area (TPSA) is 30.0 Å². The average molecular weight is 201 g/mol. The molecule has 0 saturated carbocycles. The number of rotatable bonds is 2. The molecule has 1 aromatic heterocycles. The minimum atomic E-state index is -0.326. The van der Waals surface area contributed by atoms with Gasteiger partial charge in [-0.3, -0.25) is 9.78 Å². The maximum absolute atomic E-state index is 13.0. The summed E-state index contributed by atoms with van der Waals surface area (Å²) in [6.45, 7) is 0. The molecule has 2 nitrogen and oxygen atoms in total. The third-order valence-corrected chi connectivity index (χ3v) is 2.09. The van der Waals surface area contributed by atoms with Crippen LogP contribution in [0.5, 0.6) is 0 Å². The zero-order valence-corrected chi connectivity index (χ0v) is 7.85. The Morgan fingerprint density at radius 3 is 2.80 bits per heavy atom. The molecule has 2 aromatic rings. The van der Waals surface area contributed by atoms with Crippen molar-refractivity contribution >= 4 is 6.29 Å². The maximum Gasteiger partial charge on any atom is 0.169 e. The van der Waals surface area contributed by atoms with E-state index in [1.807, 2.05) is 0 Å². The Bertz CT molecular complexity index is 496. The van der Waals surface area contributed by atoms with Crippen molar-refractivity contribution in [3.63, 3.8) is 0 Å². The number of aromatic nitrogens is 1. The summed E-state index contributed by atoms with van der Waals surface area (Å²) >= 11 is 0. The molecule has 0 aliphatic heterocycles. The molecule has 0 fully saturated rings. The van der Waals surface area contributed by atoms with Crippen LogP contribution in [0, 0.1) is 5.82 Å². The number of benzene rings is 1. The number of nitrogens with zero attached hydrogens (tertiary/aromatic N) is 1. The van der Waals surface area contributed by atoms with Crippen LogP contribution >= 0.6 is 0 Å². The van der Waals surface area contributed by atoms with E-state index >= 15 is 0 Å². The van der Waals surface area contributed by atoms with Crippen molar-refractivity contribution < 1.29 is 9.18 Å². The Kier molecular flexibility index (Phi) is 2.54. The molecule has 0 bridgehead atoms. The van der Waals surface area contributed by atoms with Crippen LogP contribution in [0.1, 0.15) is 10.5 Å². The average Bonchev–Trinajstić information content (AvgIpc) is 2.29. The summed E-state index contributed by atoms with van der Waals surface area (Å²) in [5.41, 5.74) is 1.63. The number of carbonyl (C=O) groups is 1. The zero-order chi connectivity index (χ0) is 10.7. The second kappa shape index (κ2) is 4.00. The first-order chi connectivity index (χ1) is 7.31. The molecule has 0 aliphatic carbocycles. The van der Waals surface area contributed by atoms with Crippen molar-refractivity contribution in [3.8, 4) is 11.1 Å². The van der Waals surface area contributed by atoms with E-state index in [1.165, 1.54) is 18.3 Å². The van der Waals surface area contributed by atoms with Gasteiger partial charge in [0.2, 0.25) is 0 Å². The van der Waals surface area contributed by atoms with Crippen molar-refractivity contribution in [2.45, 2.75) is 0 Å². The SMILES string of the molecule is O=Cc1ncccc1-c1cccc(F)c1. The summed E-state index contributed by atoms with van der Waals surface area (Å²) in [5, 5.41) is 0. The largest absolute Gasteiger partial charge is 0.296 e. The summed E-state index contributed by atoms with van der Waals surface area (Å²) < 4.78 is 13.0. The van der Waals surface area contributed by atoms with Gasteiger partial charge in [-0.15, -0.1) is 0 Å². The molecule has 74 valence electrons. The van der Waals surface area contributed by atoms with Crippen LogP contribution in [0.25, 0.3) is 11.1 Å². The standard InChI is InChI=1S/C12H8FNO/c13-10-4-1-3-9(7-10)11-5-2-6-14-12(11)8-15/h1-8H. The molecule has 0 saturated heterocycles. The Morgan fingerprint density at radius 2 is 2.07 bits per heavy atom. The lowest BCUT2D eigenvalue weighted by atomic mass is 10.0. The van der Waals surface area contributed by atoms with Gasteiger partial charge in [0.15, 0.2) is 6.29 Å². The van der Waals surface area contributed by atoms with Gasteiger partial charge in [-0.2, -0.15) is 0 Å². The van der Waals surface area contributed by atoms with E-state index in [-0.39, 0.29) is 5.82 Å². The summed E-state index contributed by atoms with van der Waals surface area (Å²) in [6, 6.07) is 9.54. The minimum absolute atomic E-state index is 0.322. The van der Waals surface area contributed by atoms with Gasteiger partial charge < -0.3 is 0 Å². The quantitative estimate of drug-likeness (QED) is 0.699. The lowest BCUT2D eigenvalue weighted by molar-refractivity contribution is 0.111. The second-order valence-corrected chi connectivity index (χ2v) is 3.06. The van der Waals surface area contributed by atoms with E-state index in [1.54, 1.807) is 24.3 Å². The first kappa shape index (κ1) is 9.52. The number of hydrogen-bond donors (Lipinski definition) is 0. The van der Waals surface area contributed by atoms with Crippen LogP contribution in [-0.2, 0) is 0 Å². The van der Waals surface area contributed by atoms with Crippen molar-refractivity contribution in [2.24, 2.45) is 0 Å². The molecule has 1 aromatic carbocycles.